The molecule has 9 nitrogen and oxygen atoms in total. The predicted octanol–water partition coefficient (Wildman–Crippen LogP) is 4.70. The van der Waals surface area contributed by atoms with E-state index in [1.807, 2.05) is 49.4 Å². The van der Waals surface area contributed by atoms with Crippen molar-refractivity contribution >= 4 is 33.1 Å². The Morgan fingerprint density at radius 3 is 2.21 bits per heavy atom. The van der Waals surface area contributed by atoms with Gasteiger partial charge in [-0.05, 0) is 65.9 Å². The fraction of sp³-hybridized carbons (Fsp3) is 0.207. The van der Waals surface area contributed by atoms with E-state index in [0.717, 1.165) is 11.1 Å². The average Bonchev–Trinajstić information content (AvgIpc) is 2.87. The van der Waals surface area contributed by atoms with Gasteiger partial charge in [0.15, 0.2) is 5.82 Å². The summed E-state index contributed by atoms with van der Waals surface area (Å²) in [6, 6.07) is 18.8. The number of hydrogen-bond donors (Lipinski definition) is 3. The number of carbonyl (C=O) groups excluding carboxylic acids is 1. The molecule has 0 bridgehead atoms. The van der Waals surface area contributed by atoms with Gasteiger partial charge in [0, 0.05) is 35.7 Å². The Morgan fingerprint density at radius 2 is 1.62 bits per heavy atom. The van der Waals surface area contributed by atoms with Crippen LogP contribution in [-0.4, -0.2) is 23.9 Å². The second kappa shape index (κ2) is 10.5. The largest absolute Gasteiger partial charge is 0.336 e. The van der Waals surface area contributed by atoms with E-state index >= 15 is 0 Å². The molecule has 10 heteroatoms. The molecule has 0 aliphatic heterocycles. The molecule has 3 aromatic carbocycles. The Labute approximate surface area is 227 Å². The summed E-state index contributed by atoms with van der Waals surface area (Å²) >= 11 is 0. The number of aryl methyl sites for hydroxylation is 2. The van der Waals surface area contributed by atoms with E-state index in [9.17, 15) is 18.0 Å². The molecule has 1 aromatic heterocycles. The molecule has 202 valence electrons. The molecule has 0 spiro atoms. The molecule has 0 fully saturated rings. The molecule has 0 aliphatic carbocycles. The third-order valence-electron chi connectivity index (χ3n) is 6.31. The molecular formula is C29H31N5O4S. The summed E-state index contributed by atoms with van der Waals surface area (Å²) in [5, 5.41) is 11.1. The molecule has 0 saturated heterocycles. The van der Waals surface area contributed by atoms with Gasteiger partial charge < -0.3 is 15.2 Å². The Bertz CT molecular complexity index is 1700. The van der Waals surface area contributed by atoms with Gasteiger partial charge in [-0.3, -0.25) is 9.59 Å². The number of nitrogens with zero attached hydrogens (tertiary/aromatic N) is 2. The number of nitrogens with two attached hydrogens (primary N) is 1. The highest BCUT2D eigenvalue weighted by atomic mass is 32.2. The Kier molecular flexibility index (Phi) is 7.45. The Balaban J connectivity index is 1.61. The molecule has 39 heavy (non-hydrogen) atoms. The van der Waals surface area contributed by atoms with Crippen LogP contribution in [0.3, 0.4) is 0 Å². The first-order chi connectivity index (χ1) is 18.2. The van der Waals surface area contributed by atoms with Crippen molar-refractivity contribution in [2.45, 2.75) is 38.0 Å². The van der Waals surface area contributed by atoms with Gasteiger partial charge in [-0.1, -0.05) is 45.0 Å². The number of rotatable bonds is 6. The third-order valence-corrected chi connectivity index (χ3v) is 7.24. The highest BCUT2D eigenvalue weighted by Crippen LogP contribution is 2.26. The maximum absolute atomic E-state index is 13.0. The Hall–Kier alpha value is -4.28. The molecule has 0 saturated carbocycles. The van der Waals surface area contributed by atoms with Gasteiger partial charge in [0.1, 0.15) is 0 Å². The lowest BCUT2D eigenvalue weighted by Crippen LogP contribution is -2.21. The van der Waals surface area contributed by atoms with Crippen LogP contribution < -0.4 is 21.3 Å². The van der Waals surface area contributed by atoms with Gasteiger partial charge >= 0.3 is 0 Å². The van der Waals surface area contributed by atoms with Crippen molar-refractivity contribution < 1.29 is 13.2 Å². The maximum Gasteiger partial charge on any atom is 0.293 e. The van der Waals surface area contributed by atoms with Crippen molar-refractivity contribution in [2.75, 3.05) is 10.6 Å². The molecule has 1 amide bonds. The van der Waals surface area contributed by atoms with Gasteiger partial charge in [-0.2, -0.15) is 0 Å². The molecule has 0 aliphatic rings. The number of carbonyl (C=O) groups is 1. The van der Waals surface area contributed by atoms with Gasteiger partial charge in [0.05, 0.1) is 10.6 Å². The summed E-state index contributed by atoms with van der Waals surface area (Å²) in [7, 11) is -2.22. The number of nitrogens with one attached hydrogen (secondary N) is 2. The van der Waals surface area contributed by atoms with Gasteiger partial charge in [-0.25, -0.2) is 18.5 Å². The average molecular weight is 546 g/mol. The van der Waals surface area contributed by atoms with E-state index in [4.69, 9.17) is 5.14 Å². The van der Waals surface area contributed by atoms with E-state index in [-0.39, 0.29) is 27.6 Å². The lowest BCUT2D eigenvalue weighted by molar-refractivity contribution is 0.102. The molecule has 4 rings (SSSR count). The lowest BCUT2D eigenvalue weighted by atomic mass is 9.86. The summed E-state index contributed by atoms with van der Waals surface area (Å²) in [6.07, 6.45) is 1.61. The Morgan fingerprint density at radius 1 is 0.974 bits per heavy atom. The van der Waals surface area contributed by atoms with Crippen LogP contribution in [0, 0.1) is 6.92 Å². The zero-order chi connectivity index (χ0) is 28.5. The second-order valence-corrected chi connectivity index (χ2v) is 12.0. The smallest absolute Gasteiger partial charge is 0.293 e. The number of benzene rings is 3. The predicted molar refractivity (Wildman–Crippen MR) is 154 cm³/mol. The fourth-order valence-electron chi connectivity index (χ4n) is 3.92. The summed E-state index contributed by atoms with van der Waals surface area (Å²) < 4.78 is 24.4. The van der Waals surface area contributed by atoms with E-state index in [1.54, 1.807) is 13.2 Å². The van der Waals surface area contributed by atoms with Crippen LogP contribution >= 0.6 is 0 Å². The first-order valence-corrected chi connectivity index (χ1v) is 13.8. The van der Waals surface area contributed by atoms with Crippen LogP contribution in [0.4, 0.5) is 17.2 Å². The molecule has 0 unspecified atom stereocenters. The van der Waals surface area contributed by atoms with E-state index in [1.165, 1.54) is 28.8 Å². The van der Waals surface area contributed by atoms with Crippen LogP contribution in [-0.2, 0) is 22.5 Å². The number of sulfonamides is 1. The topological polar surface area (TPSA) is 136 Å². The highest BCUT2D eigenvalue weighted by molar-refractivity contribution is 7.89. The van der Waals surface area contributed by atoms with Crippen LogP contribution in [0.25, 0.3) is 11.3 Å². The quantitative estimate of drug-likeness (QED) is 0.321. The fourth-order valence-corrected chi connectivity index (χ4v) is 4.44. The molecule has 1 heterocycles. The van der Waals surface area contributed by atoms with E-state index < -0.39 is 10.0 Å². The SMILES string of the molecule is Cc1ccc(-c2cn(C)c(=O)c(Nc3ccc(S(N)(=O)=O)cc3)n2)cc1NC(=O)c1ccc(C(C)(C)C)cc1. The second-order valence-electron chi connectivity index (χ2n) is 10.4. The number of amides is 1. The first-order valence-electron chi connectivity index (χ1n) is 12.2. The van der Waals surface area contributed by atoms with Gasteiger partial charge in [0.2, 0.25) is 10.0 Å². The summed E-state index contributed by atoms with van der Waals surface area (Å²) in [4.78, 5) is 30.2. The van der Waals surface area contributed by atoms with E-state index in [2.05, 4.69) is 36.4 Å². The van der Waals surface area contributed by atoms with Gasteiger partial charge in [-0.15, -0.1) is 0 Å². The normalized spacial score (nSPS) is 11.7. The maximum atomic E-state index is 13.0. The number of aromatic nitrogens is 2. The van der Waals surface area contributed by atoms with Gasteiger partial charge in [0.25, 0.3) is 11.5 Å². The first kappa shape index (κ1) is 27.7. The van der Waals surface area contributed by atoms with E-state index in [0.29, 0.717) is 28.2 Å². The number of anilines is 3. The van der Waals surface area contributed by atoms with Crippen LogP contribution in [0.1, 0.15) is 42.3 Å². The lowest BCUT2D eigenvalue weighted by Gasteiger charge is -2.19. The van der Waals surface area contributed by atoms with Crippen LogP contribution in [0.15, 0.2) is 82.6 Å². The third kappa shape index (κ3) is 6.42. The minimum Gasteiger partial charge on any atom is -0.336 e. The van der Waals surface area contributed by atoms with Crippen molar-refractivity contribution in [3.8, 4) is 11.3 Å². The van der Waals surface area contributed by atoms with Crippen molar-refractivity contribution in [3.05, 3.63) is 100.0 Å². The minimum atomic E-state index is -3.83. The molecule has 0 radical (unpaired) electrons. The molecule has 4 aromatic rings. The summed E-state index contributed by atoms with van der Waals surface area (Å²) in [6.45, 7) is 8.26. The van der Waals surface area contributed by atoms with Crippen molar-refractivity contribution in [1.82, 2.24) is 9.55 Å². The van der Waals surface area contributed by atoms with Crippen LogP contribution in [0.5, 0.6) is 0 Å². The van der Waals surface area contributed by atoms with Crippen molar-refractivity contribution in [3.63, 3.8) is 0 Å². The zero-order valence-electron chi connectivity index (χ0n) is 22.4. The standard InChI is InChI=1S/C29H31N5O4S/c1-18-6-7-20(16-24(18)33-27(35)19-8-10-21(11-9-19)29(2,3)4)25-17-34(5)28(36)26(32-25)31-22-12-14-23(15-13-22)39(30,37)38/h6-17H,1-5H3,(H,31,32)(H,33,35)(H2,30,37,38). The zero-order valence-corrected chi connectivity index (χ0v) is 23.3. The molecular weight excluding hydrogens is 514 g/mol. The summed E-state index contributed by atoms with van der Waals surface area (Å²) in [5.41, 5.74) is 4.49. The molecule has 4 N–H and O–H groups in total. The van der Waals surface area contributed by atoms with Crippen molar-refractivity contribution in [2.24, 2.45) is 12.2 Å². The highest BCUT2D eigenvalue weighted by Gasteiger charge is 2.16. The van der Waals surface area contributed by atoms with Crippen molar-refractivity contribution in [1.29, 1.82) is 0 Å². The minimum absolute atomic E-state index is 0.00894. The summed E-state index contributed by atoms with van der Waals surface area (Å²) in [5.74, 6) is -0.169. The monoisotopic (exact) mass is 545 g/mol. The molecule has 0 atom stereocenters. The number of hydrogen-bond acceptors (Lipinski definition) is 6. The van der Waals surface area contributed by atoms with Crippen LogP contribution in [0.2, 0.25) is 0 Å². The number of primary sulfonamides is 1.